The minimum atomic E-state index is -0.552. The van der Waals surface area contributed by atoms with Crippen molar-refractivity contribution in [1.82, 2.24) is 0 Å². The average molecular weight is 342 g/mol. The minimum absolute atomic E-state index is 0.0690. The van der Waals surface area contributed by atoms with Crippen LogP contribution < -0.4 is 10.6 Å². The molecular formula is C16H16Cl2FN2O+. The van der Waals surface area contributed by atoms with Gasteiger partial charge in [0.2, 0.25) is 0 Å². The number of carbonyl (C=O) groups excluding carboxylic acids is 1. The van der Waals surface area contributed by atoms with Gasteiger partial charge in [-0.25, -0.2) is 4.39 Å². The monoisotopic (exact) mass is 341 g/mol. The van der Waals surface area contributed by atoms with E-state index in [1.807, 2.05) is 30.4 Å². The van der Waals surface area contributed by atoms with Crippen molar-refractivity contribution in [2.75, 3.05) is 11.9 Å². The second-order valence-corrected chi connectivity index (χ2v) is 5.83. The average Bonchev–Trinajstić information content (AvgIpc) is 2.47. The Morgan fingerprint density at radius 3 is 2.64 bits per heavy atom. The first-order valence-corrected chi connectivity index (χ1v) is 7.55. The molecule has 1 atom stereocenters. The molecule has 0 radical (unpaired) electrons. The third-order valence-electron chi connectivity index (χ3n) is 3.24. The molecule has 2 aromatic rings. The maximum absolute atomic E-state index is 13.6. The first kappa shape index (κ1) is 16.7. The molecule has 0 aliphatic carbocycles. The largest absolute Gasteiger partial charge is 0.333 e. The summed E-state index contributed by atoms with van der Waals surface area (Å²) in [5.41, 5.74) is 1.15. The predicted octanol–water partition coefficient (Wildman–Crippen LogP) is 3.40. The molecule has 0 heterocycles. The maximum Gasteiger partial charge on any atom is 0.279 e. The normalized spacial score (nSPS) is 12.0. The Balaban J connectivity index is 1.90. The highest BCUT2D eigenvalue weighted by Gasteiger charge is 2.13. The van der Waals surface area contributed by atoms with Crippen LogP contribution in [0.15, 0.2) is 42.5 Å². The van der Waals surface area contributed by atoms with Gasteiger partial charge in [0, 0.05) is 15.6 Å². The molecule has 3 nitrogen and oxygen atoms in total. The number of carbonyl (C=O) groups is 1. The van der Waals surface area contributed by atoms with Crippen molar-refractivity contribution < 1.29 is 14.5 Å². The van der Waals surface area contributed by atoms with Gasteiger partial charge in [0.15, 0.2) is 6.54 Å². The van der Waals surface area contributed by atoms with Gasteiger partial charge in [0.05, 0.1) is 5.69 Å². The van der Waals surface area contributed by atoms with Crippen molar-refractivity contribution in [2.45, 2.75) is 13.0 Å². The van der Waals surface area contributed by atoms with Crippen LogP contribution in [0.4, 0.5) is 10.1 Å². The molecule has 2 aromatic carbocycles. The first-order valence-electron chi connectivity index (χ1n) is 6.79. The second-order valence-electron chi connectivity index (χ2n) is 4.96. The number of amides is 1. The Labute approximate surface area is 138 Å². The number of hydrogen-bond donors (Lipinski definition) is 2. The van der Waals surface area contributed by atoms with E-state index in [1.165, 1.54) is 12.1 Å². The van der Waals surface area contributed by atoms with Gasteiger partial charge in [-0.05, 0) is 37.3 Å². The van der Waals surface area contributed by atoms with Crippen LogP contribution in [0, 0.1) is 5.82 Å². The first-order chi connectivity index (χ1) is 10.5. The third-order valence-corrected chi connectivity index (χ3v) is 3.71. The van der Waals surface area contributed by atoms with E-state index in [2.05, 4.69) is 5.32 Å². The number of nitrogens with two attached hydrogens (primary N) is 1. The van der Waals surface area contributed by atoms with Gasteiger partial charge < -0.3 is 10.6 Å². The van der Waals surface area contributed by atoms with E-state index in [0.29, 0.717) is 5.02 Å². The van der Waals surface area contributed by atoms with Crippen LogP contribution in [-0.4, -0.2) is 12.5 Å². The maximum atomic E-state index is 13.6. The van der Waals surface area contributed by atoms with E-state index >= 15 is 0 Å². The molecule has 0 saturated carbocycles. The lowest BCUT2D eigenvalue weighted by Crippen LogP contribution is -2.86. The molecule has 0 unspecified atom stereocenters. The summed E-state index contributed by atoms with van der Waals surface area (Å²) in [7, 11) is 0. The molecule has 2 rings (SSSR count). The topological polar surface area (TPSA) is 45.7 Å². The van der Waals surface area contributed by atoms with E-state index in [0.717, 1.165) is 11.6 Å². The van der Waals surface area contributed by atoms with Crippen LogP contribution in [-0.2, 0) is 4.79 Å². The molecule has 1 amide bonds. The summed E-state index contributed by atoms with van der Waals surface area (Å²) in [5.74, 6) is -0.834. The van der Waals surface area contributed by atoms with Crippen LogP contribution in [0.25, 0.3) is 0 Å². The fraction of sp³-hybridized carbons (Fsp3) is 0.188. The van der Waals surface area contributed by atoms with E-state index in [-0.39, 0.29) is 29.2 Å². The fourth-order valence-corrected chi connectivity index (χ4v) is 2.36. The zero-order valence-corrected chi connectivity index (χ0v) is 13.5. The van der Waals surface area contributed by atoms with Gasteiger partial charge in [-0.2, -0.15) is 0 Å². The summed E-state index contributed by atoms with van der Waals surface area (Å²) in [6.45, 7) is 2.15. The molecule has 0 saturated heterocycles. The molecule has 22 heavy (non-hydrogen) atoms. The zero-order valence-electron chi connectivity index (χ0n) is 11.9. The number of anilines is 1. The highest BCUT2D eigenvalue weighted by molar-refractivity contribution is 6.30. The second kappa shape index (κ2) is 7.58. The predicted molar refractivity (Wildman–Crippen MR) is 86.7 cm³/mol. The van der Waals surface area contributed by atoms with Gasteiger partial charge in [-0.1, -0.05) is 35.3 Å². The lowest BCUT2D eigenvalue weighted by atomic mass is 10.1. The van der Waals surface area contributed by atoms with E-state index < -0.39 is 5.82 Å². The summed E-state index contributed by atoms with van der Waals surface area (Å²) in [5, 5.41) is 5.33. The van der Waals surface area contributed by atoms with Crippen LogP contribution >= 0.6 is 23.2 Å². The van der Waals surface area contributed by atoms with Crippen LogP contribution in [0.2, 0.25) is 10.0 Å². The van der Waals surface area contributed by atoms with Crippen molar-refractivity contribution in [3.05, 3.63) is 63.9 Å². The van der Waals surface area contributed by atoms with Gasteiger partial charge in [-0.15, -0.1) is 0 Å². The van der Waals surface area contributed by atoms with Crippen molar-refractivity contribution in [3.8, 4) is 0 Å². The number of nitrogens with one attached hydrogen (secondary N) is 1. The molecule has 0 aliphatic rings. The number of halogens is 3. The quantitative estimate of drug-likeness (QED) is 0.860. The van der Waals surface area contributed by atoms with E-state index in [1.54, 1.807) is 6.07 Å². The van der Waals surface area contributed by atoms with Crippen LogP contribution in [0.3, 0.4) is 0 Å². The van der Waals surface area contributed by atoms with Crippen LogP contribution in [0.1, 0.15) is 18.5 Å². The lowest BCUT2D eigenvalue weighted by molar-refractivity contribution is -0.682. The Kier molecular flexibility index (Phi) is 5.77. The van der Waals surface area contributed by atoms with Crippen molar-refractivity contribution in [2.24, 2.45) is 0 Å². The third kappa shape index (κ3) is 4.70. The molecule has 116 valence electrons. The molecule has 0 spiro atoms. The SMILES string of the molecule is C[C@@H]([NH2+]CC(=O)Nc1ccc(Cl)cc1F)c1cccc(Cl)c1. The summed E-state index contributed by atoms with van der Waals surface area (Å²) in [4.78, 5) is 11.9. The number of hydrogen-bond acceptors (Lipinski definition) is 1. The van der Waals surface area contributed by atoms with Gasteiger partial charge in [-0.3, -0.25) is 4.79 Å². The molecule has 3 N–H and O–H groups in total. The Morgan fingerprint density at radius 1 is 1.23 bits per heavy atom. The Hall–Kier alpha value is -1.62. The molecular weight excluding hydrogens is 326 g/mol. The smallest absolute Gasteiger partial charge is 0.279 e. The number of quaternary nitrogens is 1. The van der Waals surface area contributed by atoms with Crippen molar-refractivity contribution in [3.63, 3.8) is 0 Å². The Morgan fingerprint density at radius 2 is 1.95 bits per heavy atom. The van der Waals surface area contributed by atoms with Gasteiger partial charge >= 0.3 is 0 Å². The number of rotatable bonds is 5. The highest BCUT2D eigenvalue weighted by Crippen LogP contribution is 2.18. The van der Waals surface area contributed by atoms with Gasteiger partial charge in [0.25, 0.3) is 5.91 Å². The summed E-state index contributed by atoms with van der Waals surface area (Å²) < 4.78 is 13.6. The molecule has 6 heteroatoms. The van der Waals surface area contributed by atoms with E-state index in [9.17, 15) is 9.18 Å². The summed E-state index contributed by atoms with van der Waals surface area (Å²) in [6, 6.07) is 11.7. The lowest BCUT2D eigenvalue weighted by Gasteiger charge is -2.12. The van der Waals surface area contributed by atoms with E-state index in [4.69, 9.17) is 23.2 Å². The minimum Gasteiger partial charge on any atom is -0.333 e. The fourth-order valence-electron chi connectivity index (χ4n) is 2.00. The van der Waals surface area contributed by atoms with Gasteiger partial charge in [0.1, 0.15) is 11.9 Å². The Bertz CT molecular complexity index is 679. The highest BCUT2D eigenvalue weighted by atomic mass is 35.5. The molecule has 0 bridgehead atoms. The standard InChI is InChI=1S/C16H15Cl2FN2O/c1-10(11-3-2-4-12(17)7-11)20-9-16(22)21-15-6-5-13(18)8-14(15)19/h2-8,10,20H,9H2,1H3,(H,21,22)/p+1/t10-/m1/s1. The molecule has 0 aliphatic heterocycles. The molecule has 0 fully saturated rings. The summed E-state index contributed by atoms with van der Waals surface area (Å²) in [6.07, 6.45) is 0. The zero-order chi connectivity index (χ0) is 16.1. The van der Waals surface area contributed by atoms with Crippen molar-refractivity contribution >= 4 is 34.8 Å². The summed E-state index contributed by atoms with van der Waals surface area (Å²) >= 11 is 11.6. The molecule has 0 aromatic heterocycles. The number of benzene rings is 2. The van der Waals surface area contributed by atoms with Crippen molar-refractivity contribution in [1.29, 1.82) is 0 Å². The van der Waals surface area contributed by atoms with Crippen LogP contribution in [0.5, 0.6) is 0 Å².